The maximum absolute atomic E-state index is 5.45. The maximum Gasteiger partial charge on any atom is 0.193 e. The van der Waals surface area contributed by atoms with Crippen molar-refractivity contribution in [2.24, 2.45) is 4.99 Å². The molecule has 1 atom stereocenters. The summed E-state index contributed by atoms with van der Waals surface area (Å²) < 4.78 is 5.45. The first-order chi connectivity index (χ1) is 10.8. The van der Waals surface area contributed by atoms with Crippen LogP contribution in [0.3, 0.4) is 0 Å². The molecule has 22 heavy (non-hydrogen) atoms. The Kier molecular flexibility index (Phi) is 4.94. The molecule has 2 fully saturated rings. The average Bonchev–Trinajstić information content (AvgIpc) is 3.19. The fourth-order valence-electron chi connectivity index (χ4n) is 3.24. The highest BCUT2D eigenvalue weighted by molar-refractivity contribution is 5.80. The van der Waals surface area contributed by atoms with E-state index in [9.17, 15) is 0 Å². The van der Waals surface area contributed by atoms with Crippen LogP contribution in [0.4, 0.5) is 0 Å². The summed E-state index contributed by atoms with van der Waals surface area (Å²) in [5.74, 6) is 0.983. The molecule has 3 heterocycles. The van der Waals surface area contributed by atoms with Crippen LogP contribution < -0.4 is 5.32 Å². The van der Waals surface area contributed by atoms with Crippen molar-refractivity contribution in [2.45, 2.75) is 25.9 Å². The smallest absolute Gasteiger partial charge is 0.193 e. The Morgan fingerprint density at radius 1 is 1.45 bits per heavy atom. The molecule has 1 aromatic rings. The molecule has 2 saturated heterocycles. The van der Waals surface area contributed by atoms with Gasteiger partial charge in [0.2, 0.25) is 0 Å². The number of hydrogen-bond donors (Lipinski definition) is 2. The molecular weight excluding hydrogens is 280 g/mol. The molecule has 7 heteroatoms. The number of rotatable bonds is 3. The fourth-order valence-corrected chi connectivity index (χ4v) is 3.24. The Bertz CT molecular complexity index is 508. The van der Waals surface area contributed by atoms with Crippen LogP contribution in [-0.4, -0.2) is 78.4 Å². The normalized spacial score (nSPS) is 24.0. The van der Waals surface area contributed by atoms with E-state index in [0.29, 0.717) is 6.04 Å². The molecule has 0 bridgehead atoms. The van der Waals surface area contributed by atoms with Crippen LogP contribution in [0.1, 0.15) is 17.7 Å². The van der Waals surface area contributed by atoms with E-state index < -0.39 is 0 Å². The number of nitrogens with zero attached hydrogens (tertiary/aromatic N) is 4. The lowest BCUT2D eigenvalue weighted by Gasteiger charge is -2.32. The molecule has 2 aliphatic rings. The molecular formula is C15H26N6O. The topological polar surface area (TPSA) is 68.8 Å². The van der Waals surface area contributed by atoms with E-state index in [1.54, 1.807) is 0 Å². The molecule has 0 aromatic carbocycles. The summed E-state index contributed by atoms with van der Waals surface area (Å²) in [7, 11) is 1.85. The van der Waals surface area contributed by atoms with Crippen LogP contribution in [-0.2, 0) is 11.3 Å². The van der Waals surface area contributed by atoms with Crippen LogP contribution in [0.2, 0.25) is 0 Å². The molecule has 3 rings (SSSR count). The van der Waals surface area contributed by atoms with Crippen molar-refractivity contribution in [3.8, 4) is 0 Å². The van der Waals surface area contributed by atoms with E-state index in [1.165, 1.54) is 12.0 Å². The lowest BCUT2D eigenvalue weighted by molar-refractivity contribution is 0.0195. The number of H-pyrrole nitrogens is 1. The molecule has 2 aliphatic heterocycles. The third-order valence-electron chi connectivity index (χ3n) is 4.61. The third-order valence-corrected chi connectivity index (χ3v) is 4.61. The molecule has 0 radical (unpaired) electrons. The summed E-state index contributed by atoms with van der Waals surface area (Å²) in [4.78, 5) is 9.35. The molecule has 7 nitrogen and oxygen atoms in total. The van der Waals surface area contributed by atoms with Gasteiger partial charge in [0.05, 0.1) is 19.4 Å². The quantitative estimate of drug-likeness (QED) is 0.617. The average molecular weight is 306 g/mol. The van der Waals surface area contributed by atoms with Crippen molar-refractivity contribution in [2.75, 3.05) is 46.4 Å². The predicted molar refractivity (Wildman–Crippen MR) is 85.9 cm³/mol. The van der Waals surface area contributed by atoms with Gasteiger partial charge in [0, 0.05) is 57.1 Å². The maximum atomic E-state index is 5.45. The minimum absolute atomic E-state index is 0.623. The zero-order valence-electron chi connectivity index (χ0n) is 13.5. The number of aryl methyl sites for hydroxylation is 1. The summed E-state index contributed by atoms with van der Waals surface area (Å²) in [6.45, 7) is 8.74. The first kappa shape index (κ1) is 15.3. The Hall–Kier alpha value is -1.60. The van der Waals surface area contributed by atoms with Crippen molar-refractivity contribution in [3.05, 3.63) is 17.5 Å². The number of likely N-dealkylation sites (tertiary alicyclic amines) is 1. The number of aromatic nitrogens is 2. The number of hydrogen-bond acceptors (Lipinski definition) is 4. The number of guanidine groups is 1. The van der Waals surface area contributed by atoms with Crippen LogP contribution in [0.15, 0.2) is 11.2 Å². The lowest BCUT2D eigenvalue weighted by atomic mass is 10.2. The summed E-state index contributed by atoms with van der Waals surface area (Å²) in [6, 6.07) is 0.623. The summed E-state index contributed by atoms with van der Waals surface area (Å²) >= 11 is 0. The summed E-state index contributed by atoms with van der Waals surface area (Å²) in [5, 5.41) is 10.5. The second-order valence-corrected chi connectivity index (χ2v) is 5.96. The number of aromatic amines is 1. The highest BCUT2D eigenvalue weighted by Crippen LogP contribution is 2.17. The standard InChI is InChI=1S/C15H26N6O/c1-12-13(10-18-19-12)9-17-15(16-2)21-4-3-14(11-21)20-5-7-22-8-6-20/h10,14H,3-9,11H2,1-2H3,(H,16,17)(H,18,19). The first-order valence-electron chi connectivity index (χ1n) is 8.04. The van der Waals surface area contributed by atoms with Crippen molar-refractivity contribution < 1.29 is 4.74 Å². The summed E-state index contributed by atoms with van der Waals surface area (Å²) in [5.41, 5.74) is 2.29. The van der Waals surface area contributed by atoms with Gasteiger partial charge in [0.25, 0.3) is 0 Å². The zero-order valence-corrected chi connectivity index (χ0v) is 13.5. The molecule has 1 aromatic heterocycles. The minimum Gasteiger partial charge on any atom is -0.379 e. The van der Waals surface area contributed by atoms with Gasteiger partial charge in [-0.05, 0) is 13.3 Å². The van der Waals surface area contributed by atoms with Gasteiger partial charge < -0.3 is 15.0 Å². The van der Waals surface area contributed by atoms with Crippen LogP contribution in [0, 0.1) is 6.92 Å². The Morgan fingerprint density at radius 2 is 2.27 bits per heavy atom. The van der Waals surface area contributed by atoms with Crippen molar-refractivity contribution in [1.29, 1.82) is 0 Å². The number of ether oxygens (including phenoxy) is 1. The van der Waals surface area contributed by atoms with Gasteiger partial charge in [-0.25, -0.2) is 0 Å². The van der Waals surface area contributed by atoms with E-state index in [1.807, 2.05) is 20.2 Å². The second-order valence-electron chi connectivity index (χ2n) is 5.96. The van der Waals surface area contributed by atoms with E-state index >= 15 is 0 Å². The van der Waals surface area contributed by atoms with Crippen molar-refractivity contribution >= 4 is 5.96 Å². The van der Waals surface area contributed by atoms with Crippen LogP contribution in [0.25, 0.3) is 0 Å². The van der Waals surface area contributed by atoms with Gasteiger partial charge in [-0.2, -0.15) is 5.10 Å². The van der Waals surface area contributed by atoms with Gasteiger partial charge in [0.15, 0.2) is 5.96 Å². The van der Waals surface area contributed by atoms with E-state index in [4.69, 9.17) is 4.74 Å². The van der Waals surface area contributed by atoms with Gasteiger partial charge in [-0.1, -0.05) is 0 Å². The fraction of sp³-hybridized carbons (Fsp3) is 0.733. The van der Waals surface area contributed by atoms with Crippen molar-refractivity contribution in [1.82, 2.24) is 25.3 Å². The van der Waals surface area contributed by atoms with Gasteiger partial charge >= 0.3 is 0 Å². The van der Waals surface area contributed by atoms with E-state index in [-0.39, 0.29) is 0 Å². The van der Waals surface area contributed by atoms with Crippen LogP contribution in [0.5, 0.6) is 0 Å². The van der Waals surface area contributed by atoms with Gasteiger partial charge in [-0.15, -0.1) is 0 Å². The highest BCUT2D eigenvalue weighted by atomic mass is 16.5. The Morgan fingerprint density at radius 3 is 2.95 bits per heavy atom. The molecule has 2 N–H and O–H groups in total. The second kappa shape index (κ2) is 7.11. The number of aliphatic imine (C=N–C) groups is 1. The van der Waals surface area contributed by atoms with Crippen molar-refractivity contribution in [3.63, 3.8) is 0 Å². The molecule has 0 amide bonds. The highest BCUT2D eigenvalue weighted by Gasteiger charge is 2.30. The molecule has 0 aliphatic carbocycles. The lowest BCUT2D eigenvalue weighted by Crippen LogP contribution is -2.46. The number of morpholine rings is 1. The monoisotopic (exact) mass is 306 g/mol. The van der Waals surface area contributed by atoms with E-state index in [2.05, 4.69) is 30.3 Å². The van der Waals surface area contributed by atoms with Gasteiger partial charge in [0.1, 0.15) is 0 Å². The molecule has 1 unspecified atom stereocenters. The Labute approximate surface area is 131 Å². The summed E-state index contributed by atoms with van der Waals surface area (Å²) in [6.07, 6.45) is 3.07. The van der Waals surface area contributed by atoms with E-state index in [0.717, 1.165) is 57.6 Å². The van der Waals surface area contributed by atoms with Crippen LogP contribution >= 0.6 is 0 Å². The minimum atomic E-state index is 0.623. The zero-order chi connectivity index (χ0) is 15.4. The Balaban J connectivity index is 1.52. The molecule has 0 saturated carbocycles. The number of nitrogens with one attached hydrogen (secondary N) is 2. The molecule has 122 valence electrons. The predicted octanol–water partition coefficient (Wildman–Crippen LogP) is 0.200. The molecule has 0 spiro atoms. The largest absolute Gasteiger partial charge is 0.379 e. The van der Waals surface area contributed by atoms with Gasteiger partial charge in [-0.3, -0.25) is 15.0 Å². The third kappa shape index (κ3) is 3.41. The first-order valence-corrected chi connectivity index (χ1v) is 8.04. The SMILES string of the molecule is CN=C(NCc1cn[nH]c1C)N1CCC(N2CCOCC2)C1.